The lowest BCUT2D eigenvalue weighted by Gasteiger charge is -2.47. The summed E-state index contributed by atoms with van der Waals surface area (Å²) < 4.78 is 0. The van der Waals surface area contributed by atoms with E-state index in [2.05, 4.69) is 92.9 Å². The van der Waals surface area contributed by atoms with Crippen molar-refractivity contribution in [3.05, 3.63) is 59.8 Å². The van der Waals surface area contributed by atoms with E-state index < -0.39 is 12.2 Å². The van der Waals surface area contributed by atoms with Gasteiger partial charge in [-0.05, 0) is 124 Å². The third kappa shape index (κ3) is 8.82. The maximum Gasteiger partial charge on any atom is 0.0870 e. The fourth-order valence-electron chi connectivity index (χ4n) is 8.28. The number of allylic oxidation sites excluding steroid dienone is 6. The van der Waals surface area contributed by atoms with Crippen LogP contribution in [0.2, 0.25) is 0 Å². The van der Waals surface area contributed by atoms with Gasteiger partial charge in [0.25, 0.3) is 0 Å². The van der Waals surface area contributed by atoms with E-state index in [9.17, 15) is 10.2 Å². The van der Waals surface area contributed by atoms with Gasteiger partial charge in [0.2, 0.25) is 0 Å². The quantitative estimate of drug-likeness (QED) is 0.273. The van der Waals surface area contributed by atoms with Gasteiger partial charge in [-0.15, -0.1) is 0 Å². The molecule has 2 heteroatoms. The molecule has 2 nitrogen and oxygen atoms in total. The van der Waals surface area contributed by atoms with Crippen molar-refractivity contribution in [1.29, 1.82) is 0 Å². The van der Waals surface area contributed by atoms with Crippen LogP contribution < -0.4 is 0 Å². The van der Waals surface area contributed by atoms with Crippen molar-refractivity contribution in [2.45, 2.75) is 132 Å². The van der Waals surface area contributed by atoms with Crippen LogP contribution in [0.4, 0.5) is 0 Å². The minimum atomic E-state index is -0.724. The van der Waals surface area contributed by atoms with Crippen molar-refractivity contribution < 1.29 is 10.2 Å². The van der Waals surface area contributed by atoms with Crippen molar-refractivity contribution in [2.75, 3.05) is 0 Å². The molecule has 0 bridgehead atoms. The van der Waals surface area contributed by atoms with Gasteiger partial charge in [-0.25, -0.2) is 0 Å². The molecule has 0 spiro atoms. The van der Waals surface area contributed by atoms with Crippen molar-refractivity contribution in [3.8, 4) is 0 Å². The average Bonchev–Trinajstić information content (AvgIpc) is 2.99. The molecule has 3 rings (SSSR count). The summed E-state index contributed by atoms with van der Waals surface area (Å²) in [6.45, 7) is 28.0. The van der Waals surface area contributed by atoms with Crippen molar-refractivity contribution in [2.24, 2.45) is 52.8 Å². The molecule has 2 N–H and O–H groups in total. The van der Waals surface area contributed by atoms with E-state index in [0.29, 0.717) is 35.5 Å². The standard InChI is InChI=1S/C39H64O2/c1-25(2)28(6)22-35-27(5)16-13-11-12-14-17-32(35)36(33-18-15-19-37(40)38(33)41)23-29(7)31-21-20-30(39(8,9)10)24-34(31)26(3)4/h11-12,15,18,26,28-31,33-34,36-38,40-41H,1,5,13-14,16-17,19-24H2,2-4,6-10H3/b12-11-,35-32+/t28?,29?,30?,31?,33?,34?,36-,37-,38?/m1/s1. The van der Waals surface area contributed by atoms with Gasteiger partial charge in [-0.3, -0.25) is 0 Å². The molecule has 0 aromatic heterocycles. The molecule has 0 radical (unpaired) electrons. The molecule has 0 saturated heterocycles. The Kier molecular flexibility index (Phi) is 12.4. The fraction of sp³-hybridized carbons (Fsp3) is 0.744. The largest absolute Gasteiger partial charge is 0.390 e. The molecular weight excluding hydrogens is 500 g/mol. The van der Waals surface area contributed by atoms with E-state index in [0.717, 1.165) is 50.4 Å². The summed E-state index contributed by atoms with van der Waals surface area (Å²) in [5, 5.41) is 22.3. The second kappa shape index (κ2) is 14.9. The zero-order valence-corrected chi connectivity index (χ0v) is 28.0. The van der Waals surface area contributed by atoms with Gasteiger partial charge in [0, 0.05) is 5.92 Å². The van der Waals surface area contributed by atoms with Gasteiger partial charge in [0.05, 0.1) is 12.2 Å². The SMILES string of the molecule is C=C1CC/C=C\CC/C([C@@H](CC(C)C2CCC(C(C)(C)C)CC2C(C)C)C2C=CC[C@@H](O)C2O)=C\1CC(C)C(=C)C. The number of aliphatic hydroxyl groups is 2. The van der Waals surface area contributed by atoms with Crippen LogP contribution >= 0.6 is 0 Å². The molecule has 0 amide bonds. The Balaban J connectivity index is 2.06. The maximum absolute atomic E-state index is 11.5. The minimum Gasteiger partial charge on any atom is -0.390 e. The molecule has 0 aromatic carbocycles. The zero-order chi connectivity index (χ0) is 30.5. The second-order valence-corrected chi connectivity index (χ2v) is 15.7. The van der Waals surface area contributed by atoms with Gasteiger partial charge in [-0.2, -0.15) is 0 Å². The predicted molar refractivity (Wildman–Crippen MR) is 178 cm³/mol. The summed E-state index contributed by atoms with van der Waals surface area (Å²) in [4.78, 5) is 0. The molecule has 3 aliphatic carbocycles. The molecule has 1 fully saturated rings. The number of rotatable bonds is 9. The van der Waals surface area contributed by atoms with Crippen LogP contribution in [-0.2, 0) is 0 Å². The Bertz CT molecular complexity index is 972. The molecule has 9 atom stereocenters. The van der Waals surface area contributed by atoms with E-state index in [1.807, 2.05) is 0 Å². The van der Waals surface area contributed by atoms with Crippen LogP contribution in [-0.4, -0.2) is 22.4 Å². The maximum atomic E-state index is 11.5. The van der Waals surface area contributed by atoms with Gasteiger partial charge < -0.3 is 10.2 Å². The molecule has 1 saturated carbocycles. The Hall–Kier alpha value is -1.38. The summed E-state index contributed by atoms with van der Waals surface area (Å²) in [5.41, 5.74) is 5.77. The molecular formula is C39H64O2. The lowest BCUT2D eigenvalue weighted by molar-refractivity contribution is -0.0261. The first-order valence-electron chi connectivity index (χ1n) is 17.0. The van der Waals surface area contributed by atoms with Crippen molar-refractivity contribution in [1.82, 2.24) is 0 Å². The van der Waals surface area contributed by atoms with Crippen molar-refractivity contribution >= 4 is 0 Å². The first-order valence-corrected chi connectivity index (χ1v) is 17.0. The van der Waals surface area contributed by atoms with Crippen LogP contribution in [0.5, 0.6) is 0 Å². The topological polar surface area (TPSA) is 40.5 Å². The monoisotopic (exact) mass is 564 g/mol. The normalized spacial score (nSPS) is 34.9. The molecule has 0 aromatic rings. The Labute approximate surface area is 254 Å². The lowest BCUT2D eigenvalue weighted by atomic mass is 9.59. The zero-order valence-electron chi connectivity index (χ0n) is 28.0. The van der Waals surface area contributed by atoms with E-state index in [1.165, 1.54) is 41.6 Å². The van der Waals surface area contributed by atoms with Gasteiger partial charge in [-0.1, -0.05) is 103 Å². The molecule has 3 aliphatic rings. The van der Waals surface area contributed by atoms with Crippen molar-refractivity contribution in [3.63, 3.8) is 0 Å². The molecule has 0 aliphatic heterocycles. The van der Waals surface area contributed by atoms with Gasteiger partial charge >= 0.3 is 0 Å². The highest BCUT2D eigenvalue weighted by Crippen LogP contribution is 2.50. The third-order valence-corrected chi connectivity index (χ3v) is 11.4. The Morgan fingerprint density at radius 1 is 0.976 bits per heavy atom. The van der Waals surface area contributed by atoms with E-state index in [-0.39, 0.29) is 11.8 Å². The predicted octanol–water partition coefficient (Wildman–Crippen LogP) is 10.2. The number of aliphatic hydroxyl groups excluding tert-OH is 2. The number of hydrogen-bond acceptors (Lipinski definition) is 2. The number of hydrogen-bond donors (Lipinski definition) is 2. The van der Waals surface area contributed by atoms with Crippen LogP contribution in [0.15, 0.2) is 59.8 Å². The van der Waals surface area contributed by atoms with Gasteiger partial charge in [0.15, 0.2) is 0 Å². The molecule has 41 heavy (non-hydrogen) atoms. The first-order chi connectivity index (χ1) is 19.2. The second-order valence-electron chi connectivity index (χ2n) is 15.7. The molecule has 0 heterocycles. The highest BCUT2D eigenvalue weighted by molar-refractivity contribution is 5.38. The lowest BCUT2D eigenvalue weighted by Crippen LogP contribution is -2.41. The minimum absolute atomic E-state index is 0.0627. The summed E-state index contributed by atoms with van der Waals surface area (Å²) in [7, 11) is 0. The third-order valence-electron chi connectivity index (χ3n) is 11.4. The smallest absolute Gasteiger partial charge is 0.0870 e. The van der Waals surface area contributed by atoms with Crippen LogP contribution in [0.1, 0.15) is 120 Å². The average molecular weight is 565 g/mol. The highest BCUT2D eigenvalue weighted by Gasteiger charge is 2.42. The summed E-state index contributed by atoms with van der Waals surface area (Å²) in [6, 6.07) is 0. The summed E-state index contributed by atoms with van der Waals surface area (Å²) >= 11 is 0. The van der Waals surface area contributed by atoms with E-state index >= 15 is 0 Å². The fourth-order valence-corrected chi connectivity index (χ4v) is 8.28. The molecule has 232 valence electrons. The van der Waals surface area contributed by atoms with E-state index in [1.54, 1.807) is 0 Å². The van der Waals surface area contributed by atoms with Crippen LogP contribution in [0.3, 0.4) is 0 Å². The first kappa shape index (κ1) is 34.1. The Morgan fingerprint density at radius 3 is 2.24 bits per heavy atom. The van der Waals surface area contributed by atoms with Gasteiger partial charge in [0.1, 0.15) is 0 Å². The highest BCUT2D eigenvalue weighted by atomic mass is 16.3. The molecule has 7 unspecified atom stereocenters. The van der Waals surface area contributed by atoms with Crippen LogP contribution in [0.25, 0.3) is 0 Å². The summed E-state index contributed by atoms with van der Waals surface area (Å²) in [6.07, 6.45) is 18.2. The Morgan fingerprint density at radius 2 is 1.63 bits per heavy atom. The van der Waals surface area contributed by atoms with E-state index in [4.69, 9.17) is 0 Å². The summed E-state index contributed by atoms with van der Waals surface area (Å²) in [5.74, 6) is 3.97. The van der Waals surface area contributed by atoms with Crippen LogP contribution in [0, 0.1) is 52.8 Å².